The van der Waals surface area contributed by atoms with Crippen LogP contribution >= 0.6 is 0 Å². The van der Waals surface area contributed by atoms with Gasteiger partial charge in [-0.15, -0.1) is 0 Å². The Kier molecular flexibility index (Phi) is 15.8. The lowest BCUT2D eigenvalue weighted by Crippen LogP contribution is -2.68. The third kappa shape index (κ3) is 11.9. The van der Waals surface area contributed by atoms with Crippen LogP contribution < -0.4 is 0 Å². The Bertz CT molecular complexity index is 2030. The Balaban J connectivity index is 1.13. The maximum Gasteiger partial charge on any atom is 0.332 e. The summed E-state index contributed by atoms with van der Waals surface area (Å²) in [6.45, 7) is 6.71. The minimum absolute atomic E-state index is 0.233. The van der Waals surface area contributed by atoms with Crippen molar-refractivity contribution >= 4 is 8.56 Å². The minimum Gasteiger partial charge on any atom is -0.388 e. The summed E-state index contributed by atoms with van der Waals surface area (Å²) in [5, 5.41) is 0. The molecular weight excluding hydrogens is 801 g/mol. The van der Waals surface area contributed by atoms with E-state index in [4.69, 9.17) is 46.7 Å². The maximum atomic E-state index is 7.28. The van der Waals surface area contributed by atoms with Crippen LogP contribution in [-0.2, 0) is 79.8 Å². The highest BCUT2D eigenvalue weighted by Gasteiger charge is 2.57. The lowest BCUT2D eigenvalue weighted by atomic mass is 9.81. The zero-order valence-corrected chi connectivity index (χ0v) is 36.9. The van der Waals surface area contributed by atoms with Crippen LogP contribution in [0.5, 0.6) is 0 Å². The van der Waals surface area contributed by atoms with E-state index in [1.807, 2.05) is 91.0 Å². The second kappa shape index (κ2) is 22.0. The normalized spacial score (nSPS) is 28.2. The number of hydrogen-bond donors (Lipinski definition) is 0. The van der Waals surface area contributed by atoms with Crippen LogP contribution in [0.2, 0.25) is 13.1 Å². The van der Waals surface area contributed by atoms with E-state index in [1.54, 1.807) is 7.11 Å². The first-order chi connectivity index (χ1) is 30.4. The molecule has 3 fully saturated rings. The highest BCUT2D eigenvalue weighted by Crippen LogP contribution is 2.43. The van der Waals surface area contributed by atoms with Gasteiger partial charge < -0.3 is 46.7 Å². The van der Waals surface area contributed by atoms with Crippen molar-refractivity contribution < 1.29 is 46.7 Å². The topological polar surface area (TPSA) is 92.3 Å². The molecule has 328 valence electrons. The summed E-state index contributed by atoms with van der Waals surface area (Å²) in [6.07, 6.45) is -4.21. The summed E-state index contributed by atoms with van der Waals surface area (Å²) in [4.78, 5) is 0. The summed E-state index contributed by atoms with van der Waals surface area (Å²) >= 11 is 0. The fourth-order valence-electron chi connectivity index (χ4n) is 8.76. The molecule has 0 N–H and O–H groups in total. The van der Waals surface area contributed by atoms with E-state index in [9.17, 15) is 0 Å². The fraction of sp³-hybridized carbons (Fsp3) is 0.412. The van der Waals surface area contributed by atoms with Crippen molar-refractivity contribution in [1.82, 2.24) is 0 Å². The zero-order valence-electron chi connectivity index (χ0n) is 35.9. The number of hydrogen-bond acceptors (Lipinski definition) is 10. The average molecular weight is 861 g/mol. The molecule has 0 radical (unpaired) electrons. The first-order valence-electron chi connectivity index (χ1n) is 21.8. The molecule has 3 heterocycles. The third-order valence-corrected chi connectivity index (χ3v) is 13.4. The summed E-state index contributed by atoms with van der Waals surface area (Å²) in [5.41, 5.74) is 5.30. The van der Waals surface area contributed by atoms with Crippen molar-refractivity contribution in [2.75, 3.05) is 20.3 Å². The standard InChI is InChI=1S/C51H60O10Si/c1-52-51-50(57-34-41-27-17-8-18-28-41)46-42(44(59-51)35-53-30-37-19-9-4-10-20-37)29-43-48(61-62(2,3)60-46)49(56-33-40-25-15-7-16-26-40)47(55-32-39-23-13-6-14-24-39)45(58-43)36-54-31-38-21-11-5-12-22-38/h4-28,42-51H,29-36H2,1-3H3/t42-,43+,44-,45-,46+,47+,48+,49+,50-,51-/m1/s1. The molecule has 3 saturated heterocycles. The molecule has 3 aliphatic heterocycles. The van der Waals surface area contributed by atoms with E-state index in [1.165, 1.54) is 0 Å². The molecule has 10 atom stereocenters. The van der Waals surface area contributed by atoms with Crippen LogP contribution in [-0.4, -0.2) is 84.0 Å². The maximum absolute atomic E-state index is 7.28. The zero-order chi connectivity index (χ0) is 42.6. The quantitative estimate of drug-likeness (QED) is 0.0797. The van der Waals surface area contributed by atoms with Gasteiger partial charge in [0.05, 0.1) is 64.6 Å². The molecule has 0 aromatic heterocycles. The van der Waals surface area contributed by atoms with Crippen molar-refractivity contribution in [3.05, 3.63) is 179 Å². The van der Waals surface area contributed by atoms with Gasteiger partial charge in [-0.05, 0) is 47.3 Å². The van der Waals surface area contributed by atoms with E-state index in [0.29, 0.717) is 46.1 Å². The molecule has 0 amide bonds. The van der Waals surface area contributed by atoms with Gasteiger partial charge in [-0.2, -0.15) is 0 Å². The van der Waals surface area contributed by atoms with E-state index < -0.39 is 63.7 Å². The molecule has 5 aromatic rings. The highest BCUT2D eigenvalue weighted by atomic mass is 28.4. The molecule has 5 aromatic carbocycles. The first kappa shape index (κ1) is 44.5. The Morgan fingerprint density at radius 2 is 0.871 bits per heavy atom. The van der Waals surface area contributed by atoms with Gasteiger partial charge >= 0.3 is 8.56 Å². The van der Waals surface area contributed by atoms with Crippen molar-refractivity contribution in [3.63, 3.8) is 0 Å². The molecule has 0 saturated carbocycles. The second-order valence-corrected chi connectivity index (χ2v) is 20.0. The van der Waals surface area contributed by atoms with Crippen molar-refractivity contribution in [2.45, 2.75) is 108 Å². The van der Waals surface area contributed by atoms with E-state index >= 15 is 0 Å². The van der Waals surface area contributed by atoms with Gasteiger partial charge in [-0.25, -0.2) is 0 Å². The molecule has 0 aliphatic carbocycles. The molecule has 10 nitrogen and oxygen atoms in total. The Morgan fingerprint density at radius 1 is 0.468 bits per heavy atom. The number of benzene rings is 5. The SMILES string of the molecule is CO[C@@H]1O[C@H](COCc2ccccc2)[C@H]2C[C@@H]3O[C@H](COCc4ccccc4)[C@H](OCc4ccccc4)[C@H](OCc4ccccc4)[C@H]3O[Si](C)(C)O[C@@H]2[C@H]1OCc1ccccc1. The van der Waals surface area contributed by atoms with Gasteiger partial charge in [0.15, 0.2) is 6.29 Å². The van der Waals surface area contributed by atoms with E-state index in [-0.39, 0.29) is 12.5 Å². The number of methoxy groups -OCH3 is 1. The monoisotopic (exact) mass is 860 g/mol. The molecular formula is C51H60O10Si. The molecule has 11 heteroatoms. The van der Waals surface area contributed by atoms with Crippen LogP contribution in [0.15, 0.2) is 152 Å². The Hall–Kier alpha value is -4.08. The smallest absolute Gasteiger partial charge is 0.332 e. The lowest BCUT2D eigenvalue weighted by Gasteiger charge is -2.54. The molecule has 3 aliphatic rings. The van der Waals surface area contributed by atoms with Gasteiger partial charge in [-0.1, -0.05) is 152 Å². The Morgan fingerprint density at radius 3 is 1.34 bits per heavy atom. The largest absolute Gasteiger partial charge is 0.388 e. The van der Waals surface area contributed by atoms with E-state index in [2.05, 4.69) is 73.8 Å². The van der Waals surface area contributed by atoms with Gasteiger partial charge in [0.25, 0.3) is 0 Å². The number of fused-ring (bicyclic) bond motifs is 2. The number of rotatable bonds is 18. The molecule has 0 bridgehead atoms. The van der Waals surface area contributed by atoms with Crippen LogP contribution in [0.25, 0.3) is 0 Å². The Labute approximate surface area is 367 Å². The van der Waals surface area contributed by atoms with Crippen molar-refractivity contribution in [1.29, 1.82) is 0 Å². The van der Waals surface area contributed by atoms with Gasteiger partial charge in [0.1, 0.15) is 30.5 Å². The predicted octanol–water partition coefficient (Wildman–Crippen LogP) is 8.81. The number of ether oxygens (including phenoxy) is 8. The van der Waals surface area contributed by atoms with Crippen molar-refractivity contribution in [3.8, 4) is 0 Å². The second-order valence-electron chi connectivity index (χ2n) is 16.7. The minimum atomic E-state index is -3.03. The first-order valence-corrected chi connectivity index (χ1v) is 24.6. The van der Waals surface area contributed by atoms with Crippen molar-refractivity contribution in [2.24, 2.45) is 5.92 Å². The molecule has 8 rings (SSSR count). The summed E-state index contributed by atoms with van der Waals surface area (Å²) in [5.74, 6) is -0.233. The van der Waals surface area contributed by atoms with Gasteiger partial charge in [0.2, 0.25) is 0 Å². The lowest BCUT2D eigenvalue weighted by molar-refractivity contribution is -0.313. The summed E-state index contributed by atoms with van der Waals surface area (Å²) < 4.78 is 68.3. The fourth-order valence-corrected chi connectivity index (χ4v) is 10.7. The van der Waals surface area contributed by atoms with Gasteiger partial charge in [-0.3, -0.25) is 0 Å². The van der Waals surface area contributed by atoms with Crippen LogP contribution in [0.1, 0.15) is 34.2 Å². The molecule has 0 spiro atoms. The van der Waals surface area contributed by atoms with Crippen LogP contribution in [0.4, 0.5) is 0 Å². The van der Waals surface area contributed by atoms with E-state index in [0.717, 1.165) is 27.8 Å². The molecule has 0 unspecified atom stereocenters. The predicted molar refractivity (Wildman–Crippen MR) is 237 cm³/mol. The third-order valence-electron chi connectivity index (χ3n) is 11.8. The summed E-state index contributed by atoms with van der Waals surface area (Å²) in [7, 11) is -1.38. The van der Waals surface area contributed by atoms with Crippen LogP contribution in [0, 0.1) is 5.92 Å². The van der Waals surface area contributed by atoms with Gasteiger partial charge in [0, 0.05) is 13.0 Å². The van der Waals surface area contributed by atoms with Crippen LogP contribution in [0.3, 0.4) is 0 Å². The average Bonchev–Trinajstić information content (AvgIpc) is 3.30. The molecule has 62 heavy (non-hydrogen) atoms. The summed E-state index contributed by atoms with van der Waals surface area (Å²) in [6, 6.07) is 50.9. The highest BCUT2D eigenvalue weighted by molar-refractivity contribution is 6.64.